The Morgan fingerprint density at radius 2 is 1.86 bits per heavy atom. The molecule has 0 saturated carbocycles. The lowest BCUT2D eigenvalue weighted by Crippen LogP contribution is -2.40. The standard InChI is InChI=1S/C28H28N2O5S/c1-4-34-22-15-13-21(14-16-22)25-24(27(32)35-18-17-33-3)19(2)29-28-30(25)26(31)23(36-28)12-8-11-20-9-6-5-7-10-20/h5-16,25H,4,17-18H2,1-3H3. The first-order valence-corrected chi connectivity index (χ1v) is 12.5. The Morgan fingerprint density at radius 3 is 2.56 bits per heavy atom. The van der Waals surface area contributed by atoms with Crippen LogP contribution in [-0.2, 0) is 14.3 Å². The molecule has 1 unspecified atom stereocenters. The number of ether oxygens (including phenoxy) is 3. The van der Waals surface area contributed by atoms with E-state index in [4.69, 9.17) is 14.2 Å². The lowest BCUT2D eigenvalue weighted by molar-refractivity contribution is -0.140. The highest BCUT2D eigenvalue weighted by atomic mass is 32.1. The Labute approximate surface area is 213 Å². The lowest BCUT2D eigenvalue weighted by Gasteiger charge is -2.25. The second kappa shape index (κ2) is 11.8. The minimum Gasteiger partial charge on any atom is -0.494 e. The fourth-order valence-corrected chi connectivity index (χ4v) is 4.93. The molecule has 36 heavy (non-hydrogen) atoms. The highest BCUT2D eigenvalue weighted by molar-refractivity contribution is 7.07. The molecule has 1 aliphatic heterocycles. The zero-order chi connectivity index (χ0) is 25.5. The number of hydrogen-bond donors (Lipinski definition) is 0. The molecule has 0 bridgehead atoms. The minimum absolute atomic E-state index is 0.108. The van der Waals surface area contributed by atoms with E-state index in [1.165, 1.54) is 11.3 Å². The van der Waals surface area contributed by atoms with Crippen LogP contribution in [0.5, 0.6) is 5.75 Å². The second-order valence-corrected chi connectivity index (χ2v) is 9.01. The summed E-state index contributed by atoms with van der Waals surface area (Å²) in [6, 6.07) is 16.6. The summed E-state index contributed by atoms with van der Waals surface area (Å²) >= 11 is 1.29. The Hall–Kier alpha value is -3.75. The normalized spacial score (nSPS) is 15.6. The number of hydrogen-bond acceptors (Lipinski definition) is 7. The molecule has 2 aromatic carbocycles. The van der Waals surface area contributed by atoms with Gasteiger partial charge in [0.25, 0.3) is 5.56 Å². The molecule has 186 valence electrons. The molecule has 1 aromatic heterocycles. The van der Waals surface area contributed by atoms with Crippen LogP contribution in [0, 0.1) is 0 Å². The second-order valence-electron chi connectivity index (χ2n) is 8.00. The molecule has 0 aliphatic carbocycles. The van der Waals surface area contributed by atoms with Gasteiger partial charge >= 0.3 is 5.97 Å². The van der Waals surface area contributed by atoms with Gasteiger partial charge < -0.3 is 14.2 Å². The highest BCUT2D eigenvalue weighted by Gasteiger charge is 2.33. The van der Waals surface area contributed by atoms with Crippen molar-refractivity contribution in [2.45, 2.75) is 19.9 Å². The molecule has 1 atom stereocenters. The van der Waals surface area contributed by atoms with Crippen LogP contribution in [0.2, 0.25) is 0 Å². The fourth-order valence-electron chi connectivity index (χ4n) is 3.93. The van der Waals surface area contributed by atoms with E-state index < -0.39 is 12.0 Å². The van der Waals surface area contributed by atoms with Gasteiger partial charge in [-0.3, -0.25) is 9.36 Å². The van der Waals surface area contributed by atoms with Crippen LogP contribution in [0.1, 0.15) is 31.0 Å². The molecule has 1 aliphatic rings. The largest absolute Gasteiger partial charge is 0.494 e. The summed E-state index contributed by atoms with van der Waals surface area (Å²) in [5.41, 5.74) is 2.42. The molecule has 7 nitrogen and oxygen atoms in total. The first kappa shape index (κ1) is 25.3. The number of carbonyl (C=O) groups excluding carboxylic acids is 1. The number of rotatable bonds is 9. The highest BCUT2D eigenvalue weighted by Crippen LogP contribution is 2.31. The van der Waals surface area contributed by atoms with Crippen molar-refractivity contribution in [2.24, 2.45) is 4.99 Å². The first-order valence-electron chi connectivity index (χ1n) is 11.7. The predicted octanol–water partition coefficient (Wildman–Crippen LogP) is 3.49. The van der Waals surface area contributed by atoms with Crippen LogP contribution < -0.4 is 19.6 Å². The van der Waals surface area contributed by atoms with Gasteiger partial charge in [0.05, 0.1) is 35.1 Å². The van der Waals surface area contributed by atoms with Crippen molar-refractivity contribution in [3.05, 3.63) is 103 Å². The molecule has 0 radical (unpaired) electrons. The van der Waals surface area contributed by atoms with Crippen LogP contribution in [0.25, 0.3) is 12.2 Å². The number of allylic oxidation sites excluding steroid dienone is 2. The van der Waals surface area contributed by atoms with E-state index >= 15 is 0 Å². The van der Waals surface area contributed by atoms with Gasteiger partial charge in [-0.2, -0.15) is 0 Å². The Morgan fingerprint density at radius 1 is 1.11 bits per heavy atom. The molecular formula is C28H28N2O5S. The number of esters is 1. The summed E-state index contributed by atoms with van der Waals surface area (Å²) < 4.78 is 18.1. The maximum absolute atomic E-state index is 13.6. The first-order chi connectivity index (χ1) is 17.5. The topological polar surface area (TPSA) is 79.1 Å². The van der Waals surface area contributed by atoms with Crippen molar-refractivity contribution in [1.82, 2.24) is 4.57 Å². The summed E-state index contributed by atoms with van der Waals surface area (Å²) in [7, 11) is 1.54. The Balaban J connectivity index is 1.79. The summed E-state index contributed by atoms with van der Waals surface area (Å²) in [4.78, 5) is 31.9. The van der Waals surface area contributed by atoms with Crippen LogP contribution >= 0.6 is 11.3 Å². The third-order valence-corrected chi connectivity index (χ3v) is 6.61. The zero-order valence-electron chi connectivity index (χ0n) is 20.5. The van der Waals surface area contributed by atoms with Crippen LogP contribution in [-0.4, -0.2) is 37.5 Å². The number of thiazole rings is 1. The van der Waals surface area contributed by atoms with E-state index in [0.29, 0.717) is 33.0 Å². The van der Waals surface area contributed by atoms with Gasteiger partial charge in [0, 0.05) is 7.11 Å². The number of aromatic nitrogens is 1. The van der Waals surface area contributed by atoms with Gasteiger partial charge in [-0.1, -0.05) is 66.0 Å². The average molecular weight is 505 g/mol. The third-order valence-electron chi connectivity index (χ3n) is 5.60. The molecule has 0 amide bonds. The number of fused-ring (bicyclic) bond motifs is 1. The Kier molecular flexibility index (Phi) is 8.30. The summed E-state index contributed by atoms with van der Waals surface area (Å²) in [5, 5.41) is 0. The van der Waals surface area contributed by atoms with E-state index in [9.17, 15) is 9.59 Å². The maximum Gasteiger partial charge on any atom is 0.338 e. The number of carbonyl (C=O) groups is 1. The van der Waals surface area contributed by atoms with Gasteiger partial charge in [0.2, 0.25) is 0 Å². The molecule has 0 fully saturated rings. The SMILES string of the molecule is CCOc1ccc(C2C(C(=O)OCCOC)=C(C)N=c3sc(=CC=Cc4ccccc4)c(=O)n32)cc1. The molecule has 3 aromatic rings. The molecule has 2 heterocycles. The van der Waals surface area contributed by atoms with Crippen molar-refractivity contribution in [3.63, 3.8) is 0 Å². The van der Waals surface area contributed by atoms with E-state index in [2.05, 4.69) is 4.99 Å². The van der Waals surface area contributed by atoms with Crippen molar-refractivity contribution >= 4 is 29.5 Å². The van der Waals surface area contributed by atoms with Gasteiger partial charge in [-0.05, 0) is 43.2 Å². The zero-order valence-corrected chi connectivity index (χ0v) is 21.3. The lowest BCUT2D eigenvalue weighted by atomic mass is 9.96. The Bertz CT molecular complexity index is 1450. The van der Waals surface area contributed by atoms with E-state index in [-0.39, 0.29) is 18.8 Å². The van der Waals surface area contributed by atoms with Gasteiger partial charge in [0.1, 0.15) is 12.4 Å². The van der Waals surface area contributed by atoms with Crippen molar-refractivity contribution in [2.75, 3.05) is 26.9 Å². The van der Waals surface area contributed by atoms with Gasteiger partial charge in [-0.15, -0.1) is 0 Å². The van der Waals surface area contributed by atoms with Gasteiger partial charge in [-0.25, -0.2) is 9.79 Å². The summed E-state index contributed by atoms with van der Waals surface area (Å²) in [5.74, 6) is 0.190. The van der Waals surface area contributed by atoms with Crippen molar-refractivity contribution in [3.8, 4) is 5.75 Å². The van der Waals surface area contributed by atoms with E-state index in [1.54, 1.807) is 24.7 Å². The maximum atomic E-state index is 13.6. The smallest absolute Gasteiger partial charge is 0.338 e. The van der Waals surface area contributed by atoms with E-state index in [1.807, 2.05) is 73.7 Å². The number of benzene rings is 2. The summed E-state index contributed by atoms with van der Waals surface area (Å²) in [6.07, 6.45) is 5.56. The van der Waals surface area contributed by atoms with Crippen molar-refractivity contribution < 1.29 is 19.0 Å². The molecule has 0 N–H and O–H groups in total. The van der Waals surface area contributed by atoms with Crippen LogP contribution in [0.4, 0.5) is 0 Å². The summed E-state index contributed by atoms with van der Waals surface area (Å²) in [6.45, 7) is 4.61. The third kappa shape index (κ3) is 5.56. The molecule has 4 rings (SSSR count). The van der Waals surface area contributed by atoms with Crippen LogP contribution in [0.3, 0.4) is 0 Å². The molecule has 0 saturated heterocycles. The fraction of sp³-hybridized carbons (Fsp3) is 0.250. The average Bonchev–Trinajstić information content (AvgIpc) is 3.19. The monoisotopic (exact) mass is 504 g/mol. The predicted molar refractivity (Wildman–Crippen MR) is 141 cm³/mol. The van der Waals surface area contributed by atoms with Crippen molar-refractivity contribution in [1.29, 1.82) is 0 Å². The molecular weight excluding hydrogens is 476 g/mol. The number of nitrogens with zero attached hydrogens (tertiary/aromatic N) is 2. The van der Waals surface area contributed by atoms with E-state index in [0.717, 1.165) is 11.1 Å². The molecule has 8 heteroatoms. The minimum atomic E-state index is -0.674. The molecule has 0 spiro atoms. The number of methoxy groups -OCH3 is 1. The van der Waals surface area contributed by atoms with Gasteiger partial charge in [0.15, 0.2) is 4.80 Å². The van der Waals surface area contributed by atoms with Crippen LogP contribution in [0.15, 0.2) is 81.7 Å². The quantitative estimate of drug-likeness (QED) is 0.329.